The standard InChI is InChI=1S/C29H25ClFNO2S/c1-29(2,3)22-10-8-21(9-11-22)25(33)17-27-32(18-20-4-12-23(30)13-5-20)28(34)26(35-27)16-19-6-14-24(31)15-7-19/h4-17H,18H2,1-3H3. The lowest BCUT2D eigenvalue weighted by Gasteiger charge is -2.18. The van der Waals surface area contributed by atoms with E-state index in [1.54, 1.807) is 34.9 Å². The first-order chi connectivity index (χ1) is 16.6. The quantitative estimate of drug-likeness (QED) is 0.334. The molecule has 0 spiro atoms. The second-order valence-electron chi connectivity index (χ2n) is 9.35. The van der Waals surface area contributed by atoms with E-state index in [1.165, 1.54) is 29.5 Å². The fourth-order valence-electron chi connectivity index (χ4n) is 3.61. The summed E-state index contributed by atoms with van der Waals surface area (Å²) in [6.07, 6.45) is 3.22. The van der Waals surface area contributed by atoms with Crippen LogP contribution in [-0.2, 0) is 12.0 Å². The molecular weight excluding hydrogens is 481 g/mol. The van der Waals surface area contributed by atoms with E-state index in [9.17, 15) is 14.0 Å². The number of rotatable bonds is 5. The maximum Gasteiger partial charge on any atom is 0.269 e. The highest BCUT2D eigenvalue weighted by atomic mass is 35.5. The zero-order valence-electron chi connectivity index (χ0n) is 19.7. The number of nitrogens with zero attached hydrogens (tertiary/aromatic N) is 1. The first-order valence-corrected chi connectivity index (χ1v) is 12.4. The fraction of sp³-hybridized carbons (Fsp3) is 0.172. The van der Waals surface area contributed by atoms with Gasteiger partial charge in [0.05, 0.1) is 11.1 Å². The van der Waals surface area contributed by atoms with E-state index < -0.39 is 0 Å². The van der Waals surface area contributed by atoms with E-state index in [4.69, 9.17) is 11.6 Å². The molecule has 0 amide bonds. The van der Waals surface area contributed by atoms with E-state index in [1.807, 2.05) is 36.4 Å². The van der Waals surface area contributed by atoms with E-state index in [2.05, 4.69) is 20.8 Å². The summed E-state index contributed by atoms with van der Waals surface area (Å²) in [5.41, 5.74) is 3.07. The van der Waals surface area contributed by atoms with E-state index in [0.717, 1.165) is 11.1 Å². The van der Waals surface area contributed by atoms with Crippen molar-refractivity contribution in [2.45, 2.75) is 32.7 Å². The maximum absolute atomic E-state index is 13.3. The summed E-state index contributed by atoms with van der Waals surface area (Å²) < 4.78 is 15.9. The number of carbonyl (C=O) groups is 1. The monoisotopic (exact) mass is 505 g/mol. The van der Waals surface area contributed by atoms with Crippen molar-refractivity contribution in [2.24, 2.45) is 0 Å². The first kappa shape index (κ1) is 24.8. The number of Topliss-reactive ketones (excluding diaryl/α,β-unsaturated/α-hetero) is 1. The van der Waals surface area contributed by atoms with Gasteiger partial charge in [0.2, 0.25) is 0 Å². The molecule has 3 aromatic carbocycles. The van der Waals surface area contributed by atoms with Gasteiger partial charge in [-0.05, 0) is 52.4 Å². The minimum atomic E-state index is -0.342. The molecule has 0 radical (unpaired) electrons. The lowest BCUT2D eigenvalue weighted by atomic mass is 9.86. The molecule has 0 aliphatic heterocycles. The molecule has 3 nitrogen and oxygen atoms in total. The van der Waals surface area contributed by atoms with Gasteiger partial charge in [-0.2, -0.15) is 0 Å². The van der Waals surface area contributed by atoms with Crippen LogP contribution < -0.4 is 14.8 Å². The van der Waals surface area contributed by atoms with Gasteiger partial charge < -0.3 is 0 Å². The number of ketones is 1. The molecule has 4 aromatic rings. The zero-order valence-corrected chi connectivity index (χ0v) is 21.3. The minimum absolute atomic E-state index is 0.0107. The Balaban J connectivity index is 1.80. The van der Waals surface area contributed by atoms with E-state index in [-0.39, 0.29) is 22.6 Å². The molecule has 0 saturated carbocycles. The Bertz CT molecular complexity index is 1530. The Hall–Kier alpha value is -3.28. The van der Waals surface area contributed by atoms with Crippen molar-refractivity contribution < 1.29 is 9.18 Å². The maximum atomic E-state index is 13.3. The molecule has 6 heteroatoms. The highest BCUT2D eigenvalue weighted by Gasteiger charge is 2.14. The summed E-state index contributed by atoms with van der Waals surface area (Å²) in [5, 5.41) is 0.609. The molecule has 1 heterocycles. The number of aromatic nitrogens is 1. The number of hydrogen-bond donors (Lipinski definition) is 0. The normalized spacial score (nSPS) is 12.8. The van der Waals surface area contributed by atoms with E-state index >= 15 is 0 Å². The van der Waals surface area contributed by atoms with Gasteiger partial charge in [-0.15, -0.1) is 11.3 Å². The summed E-state index contributed by atoms with van der Waals surface area (Å²) in [6, 6.07) is 20.7. The van der Waals surface area contributed by atoms with Crippen LogP contribution in [0.15, 0.2) is 77.6 Å². The van der Waals surface area contributed by atoms with Crippen molar-refractivity contribution in [3.05, 3.63) is 125 Å². The third-order valence-corrected chi connectivity index (χ3v) is 6.96. The van der Waals surface area contributed by atoms with Crippen LogP contribution in [0, 0.1) is 5.82 Å². The Kier molecular flexibility index (Phi) is 7.20. The summed E-state index contributed by atoms with van der Waals surface area (Å²) in [6.45, 7) is 6.66. The molecule has 0 fully saturated rings. The zero-order chi connectivity index (χ0) is 25.2. The number of benzene rings is 3. The van der Waals surface area contributed by atoms with Crippen LogP contribution in [0.4, 0.5) is 4.39 Å². The van der Waals surface area contributed by atoms with Gasteiger partial charge in [0.15, 0.2) is 5.78 Å². The van der Waals surface area contributed by atoms with Crippen molar-refractivity contribution >= 4 is 40.9 Å². The first-order valence-electron chi connectivity index (χ1n) is 11.2. The SMILES string of the molecule is CC(C)(C)c1ccc(C(=O)C=c2sc(=Cc3ccc(F)cc3)c(=O)n2Cc2ccc(Cl)cc2)cc1. The van der Waals surface area contributed by atoms with Crippen molar-refractivity contribution in [3.63, 3.8) is 0 Å². The highest BCUT2D eigenvalue weighted by Crippen LogP contribution is 2.22. The third kappa shape index (κ3) is 6.05. The van der Waals surface area contributed by atoms with Crippen molar-refractivity contribution in [1.29, 1.82) is 0 Å². The smallest absolute Gasteiger partial charge is 0.269 e. The van der Waals surface area contributed by atoms with Crippen molar-refractivity contribution in [1.82, 2.24) is 4.57 Å². The second-order valence-corrected chi connectivity index (χ2v) is 10.9. The lowest BCUT2D eigenvalue weighted by Crippen LogP contribution is -2.32. The predicted octanol–water partition coefficient (Wildman–Crippen LogP) is 5.54. The van der Waals surface area contributed by atoms with Crippen LogP contribution in [0.5, 0.6) is 0 Å². The van der Waals surface area contributed by atoms with Crippen molar-refractivity contribution in [3.8, 4) is 0 Å². The van der Waals surface area contributed by atoms with Crippen LogP contribution in [0.1, 0.15) is 47.8 Å². The molecule has 0 unspecified atom stereocenters. The Morgan fingerprint density at radius 1 is 0.971 bits per heavy atom. The molecule has 0 saturated heterocycles. The molecule has 4 rings (SSSR count). The van der Waals surface area contributed by atoms with Crippen LogP contribution >= 0.6 is 22.9 Å². The predicted molar refractivity (Wildman–Crippen MR) is 142 cm³/mol. The molecular formula is C29H25ClFNO2S. The number of thiazole rings is 1. The van der Waals surface area contributed by atoms with Gasteiger partial charge in [0, 0.05) is 16.7 Å². The average molecular weight is 506 g/mol. The topological polar surface area (TPSA) is 39.1 Å². The molecule has 0 N–H and O–H groups in total. The molecule has 0 aliphatic rings. The molecule has 0 aliphatic carbocycles. The summed E-state index contributed by atoms with van der Waals surface area (Å²) >= 11 is 7.25. The molecule has 1 aromatic heterocycles. The van der Waals surface area contributed by atoms with Crippen molar-refractivity contribution in [2.75, 3.05) is 0 Å². The number of halogens is 2. The van der Waals surface area contributed by atoms with Gasteiger partial charge in [-0.1, -0.05) is 80.9 Å². The van der Waals surface area contributed by atoms with Gasteiger partial charge in [-0.3, -0.25) is 14.2 Å². The molecule has 178 valence electrons. The third-order valence-electron chi connectivity index (χ3n) is 5.65. The average Bonchev–Trinajstić information content (AvgIpc) is 3.10. The van der Waals surface area contributed by atoms with Crippen LogP contribution in [0.3, 0.4) is 0 Å². The Morgan fingerprint density at radius 3 is 2.20 bits per heavy atom. The molecule has 0 atom stereocenters. The number of hydrogen-bond acceptors (Lipinski definition) is 3. The summed E-state index contributed by atoms with van der Waals surface area (Å²) in [5.74, 6) is -0.518. The lowest BCUT2D eigenvalue weighted by molar-refractivity contribution is 0.106. The largest absolute Gasteiger partial charge is 0.294 e. The highest BCUT2D eigenvalue weighted by molar-refractivity contribution is 7.07. The number of carbonyl (C=O) groups excluding carboxylic acids is 1. The van der Waals surface area contributed by atoms with E-state index in [0.29, 0.717) is 31.9 Å². The van der Waals surface area contributed by atoms with Gasteiger partial charge in [0.1, 0.15) is 10.5 Å². The Labute approximate surface area is 212 Å². The van der Waals surface area contributed by atoms with Crippen LogP contribution in [0.25, 0.3) is 12.2 Å². The van der Waals surface area contributed by atoms with Crippen LogP contribution in [0.2, 0.25) is 5.02 Å². The van der Waals surface area contributed by atoms with Gasteiger partial charge in [0.25, 0.3) is 5.56 Å². The minimum Gasteiger partial charge on any atom is -0.294 e. The Morgan fingerprint density at radius 2 is 1.60 bits per heavy atom. The molecule has 0 bridgehead atoms. The fourth-order valence-corrected chi connectivity index (χ4v) is 4.77. The van der Waals surface area contributed by atoms with Gasteiger partial charge in [-0.25, -0.2) is 4.39 Å². The molecule has 35 heavy (non-hydrogen) atoms. The van der Waals surface area contributed by atoms with Gasteiger partial charge >= 0.3 is 0 Å². The summed E-state index contributed by atoms with van der Waals surface area (Å²) in [4.78, 5) is 26.4. The summed E-state index contributed by atoms with van der Waals surface area (Å²) in [7, 11) is 0. The second kappa shape index (κ2) is 10.1. The van der Waals surface area contributed by atoms with Crippen LogP contribution in [-0.4, -0.2) is 10.4 Å².